The highest BCUT2D eigenvalue weighted by atomic mass is 16.2. The molecule has 1 radical (unpaired) electrons. The standard InChI is InChI=1S/C7H15O/c1-7(2,3)5-4-6-8/h6,8H,4-5H2,1-3H3. The van der Waals surface area contributed by atoms with Gasteiger partial charge >= 0.3 is 0 Å². The van der Waals surface area contributed by atoms with Crippen LogP contribution < -0.4 is 0 Å². The summed E-state index contributed by atoms with van der Waals surface area (Å²) in [5.41, 5.74) is 0.360. The molecule has 0 unspecified atom stereocenters. The quantitative estimate of drug-likeness (QED) is 0.585. The SMILES string of the molecule is CC(C)(C)CC[CH]O. The van der Waals surface area contributed by atoms with Gasteiger partial charge in [-0.15, -0.1) is 0 Å². The minimum atomic E-state index is 0.360. The van der Waals surface area contributed by atoms with Crippen molar-refractivity contribution in [2.45, 2.75) is 33.6 Å². The number of hydrogen-bond donors (Lipinski definition) is 1. The predicted molar refractivity (Wildman–Crippen MR) is 34.9 cm³/mol. The Bertz CT molecular complexity index is 51.9. The summed E-state index contributed by atoms with van der Waals surface area (Å²) in [6.07, 6.45) is 1.87. The molecule has 0 aliphatic heterocycles. The summed E-state index contributed by atoms with van der Waals surface area (Å²) in [4.78, 5) is 0. The fourth-order valence-electron chi connectivity index (χ4n) is 0.498. The Balaban J connectivity index is 3.11. The van der Waals surface area contributed by atoms with E-state index in [0.29, 0.717) is 5.41 Å². The molecule has 0 saturated heterocycles. The average Bonchev–Trinajstić information content (AvgIpc) is 1.59. The zero-order valence-electron chi connectivity index (χ0n) is 5.94. The van der Waals surface area contributed by atoms with Crippen LogP contribution in [0.2, 0.25) is 0 Å². The molecule has 8 heavy (non-hydrogen) atoms. The van der Waals surface area contributed by atoms with E-state index in [9.17, 15) is 0 Å². The molecule has 0 amide bonds. The summed E-state index contributed by atoms with van der Waals surface area (Å²) >= 11 is 0. The van der Waals surface area contributed by atoms with Crippen molar-refractivity contribution < 1.29 is 5.11 Å². The lowest BCUT2D eigenvalue weighted by Gasteiger charge is -2.15. The van der Waals surface area contributed by atoms with Crippen LogP contribution in [0.4, 0.5) is 0 Å². The molecule has 0 bridgehead atoms. The van der Waals surface area contributed by atoms with Gasteiger partial charge in [-0.05, 0) is 18.3 Å². The van der Waals surface area contributed by atoms with Gasteiger partial charge in [0.05, 0.1) is 6.61 Å². The van der Waals surface area contributed by atoms with E-state index >= 15 is 0 Å². The lowest BCUT2D eigenvalue weighted by Crippen LogP contribution is -2.03. The summed E-state index contributed by atoms with van der Waals surface area (Å²) in [7, 11) is 0. The van der Waals surface area contributed by atoms with E-state index in [2.05, 4.69) is 20.8 Å². The second kappa shape index (κ2) is 3.08. The van der Waals surface area contributed by atoms with Crippen LogP contribution in [0.3, 0.4) is 0 Å². The van der Waals surface area contributed by atoms with Crippen LogP contribution in [0.5, 0.6) is 0 Å². The van der Waals surface area contributed by atoms with E-state index < -0.39 is 0 Å². The Hall–Kier alpha value is -0.0400. The Kier molecular flexibility index (Phi) is 3.06. The molecule has 0 fully saturated rings. The van der Waals surface area contributed by atoms with Crippen LogP contribution in [0.1, 0.15) is 33.6 Å². The molecule has 0 saturated carbocycles. The van der Waals surface area contributed by atoms with Gasteiger partial charge in [-0.1, -0.05) is 20.8 Å². The first-order valence-corrected chi connectivity index (χ1v) is 3.02. The van der Waals surface area contributed by atoms with Crippen LogP contribution in [0.15, 0.2) is 0 Å². The van der Waals surface area contributed by atoms with Crippen LogP contribution in [-0.2, 0) is 0 Å². The van der Waals surface area contributed by atoms with Crippen molar-refractivity contribution in [3.8, 4) is 0 Å². The maximum absolute atomic E-state index is 8.30. The molecule has 0 rings (SSSR count). The third kappa shape index (κ3) is 5.96. The molecule has 0 aliphatic carbocycles. The van der Waals surface area contributed by atoms with E-state index in [1.165, 1.54) is 6.61 Å². The second-order valence-corrected chi connectivity index (χ2v) is 3.28. The fraction of sp³-hybridized carbons (Fsp3) is 0.857. The van der Waals surface area contributed by atoms with Crippen molar-refractivity contribution in [3.05, 3.63) is 6.61 Å². The van der Waals surface area contributed by atoms with Gasteiger partial charge in [0, 0.05) is 0 Å². The Labute approximate surface area is 51.7 Å². The molecular formula is C7H15O. The summed E-state index contributed by atoms with van der Waals surface area (Å²) < 4.78 is 0. The van der Waals surface area contributed by atoms with Crippen LogP contribution in [-0.4, -0.2) is 5.11 Å². The first kappa shape index (κ1) is 7.96. The number of aliphatic hydroxyl groups is 1. The lowest BCUT2D eigenvalue weighted by molar-refractivity contribution is 0.313. The largest absolute Gasteiger partial charge is 0.390 e. The van der Waals surface area contributed by atoms with Gasteiger partial charge in [0.2, 0.25) is 0 Å². The van der Waals surface area contributed by atoms with Gasteiger partial charge in [-0.3, -0.25) is 0 Å². The third-order valence-corrected chi connectivity index (χ3v) is 1.02. The van der Waals surface area contributed by atoms with Crippen molar-refractivity contribution in [1.82, 2.24) is 0 Å². The molecule has 0 aromatic carbocycles. The zero-order valence-corrected chi connectivity index (χ0v) is 5.94. The highest BCUT2D eigenvalue weighted by molar-refractivity contribution is 4.62. The first-order chi connectivity index (χ1) is 3.56. The van der Waals surface area contributed by atoms with E-state index in [-0.39, 0.29) is 0 Å². The smallest absolute Gasteiger partial charge is 0.0799 e. The van der Waals surface area contributed by atoms with Crippen LogP contribution in [0.25, 0.3) is 0 Å². The topological polar surface area (TPSA) is 20.2 Å². The number of aliphatic hydroxyl groups excluding tert-OH is 1. The Morgan fingerprint density at radius 2 is 1.88 bits per heavy atom. The predicted octanol–water partition coefficient (Wildman–Crippen LogP) is 2.35. The summed E-state index contributed by atoms with van der Waals surface area (Å²) in [5, 5.41) is 8.30. The number of hydrogen-bond acceptors (Lipinski definition) is 1. The molecule has 0 atom stereocenters. The molecule has 1 nitrogen and oxygen atoms in total. The molecule has 0 aliphatic rings. The molecule has 0 aromatic rings. The highest BCUT2D eigenvalue weighted by Crippen LogP contribution is 2.20. The first-order valence-electron chi connectivity index (χ1n) is 3.02. The van der Waals surface area contributed by atoms with Gasteiger partial charge < -0.3 is 5.11 Å². The summed E-state index contributed by atoms with van der Waals surface area (Å²) in [5.74, 6) is 0. The van der Waals surface area contributed by atoms with Crippen LogP contribution in [0, 0.1) is 12.0 Å². The monoisotopic (exact) mass is 115 g/mol. The van der Waals surface area contributed by atoms with Gasteiger partial charge in [0.15, 0.2) is 0 Å². The maximum Gasteiger partial charge on any atom is 0.0799 e. The average molecular weight is 115 g/mol. The van der Waals surface area contributed by atoms with E-state index in [4.69, 9.17) is 5.11 Å². The van der Waals surface area contributed by atoms with Crippen molar-refractivity contribution in [1.29, 1.82) is 0 Å². The molecule has 0 heterocycles. The van der Waals surface area contributed by atoms with Crippen molar-refractivity contribution >= 4 is 0 Å². The van der Waals surface area contributed by atoms with E-state index in [0.717, 1.165) is 12.8 Å². The molecule has 0 aromatic heterocycles. The summed E-state index contributed by atoms with van der Waals surface area (Å²) in [6.45, 7) is 7.72. The minimum absolute atomic E-state index is 0.360. The third-order valence-electron chi connectivity index (χ3n) is 1.02. The molecule has 1 heteroatoms. The Morgan fingerprint density at radius 3 is 2.00 bits per heavy atom. The van der Waals surface area contributed by atoms with Gasteiger partial charge in [-0.2, -0.15) is 0 Å². The second-order valence-electron chi connectivity index (χ2n) is 3.28. The minimum Gasteiger partial charge on any atom is -0.390 e. The zero-order chi connectivity index (χ0) is 6.62. The maximum atomic E-state index is 8.30. The summed E-state index contributed by atoms with van der Waals surface area (Å²) in [6, 6.07) is 0. The normalized spacial score (nSPS) is 12.0. The van der Waals surface area contributed by atoms with E-state index in [1.54, 1.807) is 0 Å². The van der Waals surface area contributed by atoms with Crippen LogP contribution >= 0.6 is 0 Å². The van der Waals surface area contributed by atoms with Gasteiger partial charge in [0.25, 0.3) is 0 Å². The van der Waals surface area contributed by atoms with Gasteiger partial charge in [-0.25, -0.2) is 0 Å². The van der Waals surface area contributed by atoms with Crippen molar-refractivity contribution in [3.63, 3.8) is 0 Å². The fourth-order valence-corrected chi connectivity index (χ4v) is 0.498. The molecule has 49 valence electrons. The van der Waals surface area contributed by atoms with Crippen molar-refractivity contribution in [2.75, 3.05) is 0 Å². The lowest BCUT2D eigenvalue weighted by atomic mass is 9.91. The van der Waals surface area contributed by atoms with Gasteiger partial charge in [0.1, 0.15) is 0 Å². The van der Waals surface area contributed by atoms with E-state index in [1.807, 2.05) is 0 Å². The van der Waals surface area contributed by atoms with Crippen molar-refractivity contribution in [2.24, 2.45) is 5.41 Å². The molecular weight excluding hydrogens is 100 g/mol. The molecule has 0 spiro atoms. The number of rotatable bonds is 2. The molecule has 1 N–H and O–H groups in total. The Morgan fingerprint density at radius 1 is 1.38 bits per heavy atom. The highest BCUT2D eigenvalue weighted by Gasteiger charge is 2.07.